The number of benzene rings is 2. The number of carbonyl (C=O) groups is 1. The zero-order chi connectivity index (χ0) is 15.4. The molecule has 0 aromatic heterocycles. The zero-order valence-corrected chi connectivity index (χ0v) is 13.5. The normalized spacial score (nSPS) is 13.5. The minimum atomic E-state index is -0.693. The first-order chi connectivity index (χ1) is 10.0. The molecule has 0 radical (unpaired) electrons. The summed E-state index contributed by atoms with van der Waals surface area (Å²) in [7, 11) is 1.74. The van der Waals surface area contributed by atoms with Crippen molar-refractivity contribution in [3.05, 3.63) is 70.7 Å². The largest absolute Gasteiger partial charge is 0.337 e. The topological polar surface area (TPSA) is 20.3 Å². The van der Waals surface area contributed by atoms with Gasteiger partial charge in [-0.15, -0.1) is 11.6 Å². The summed E-state index contributed by atoms with van der Waals surface area (Å²) in [6, 6.07) is 16.7. The average Bonchev–Trinajstić information content (AvgIpc) is 2.53. The number of alkyl halides is 1. The van der Waals surface area contributed by atoms with Gasteiger partial charge in [0, 0.05) is 12.1 Å². The number of amides is 1. The van der Waals surface area contributed by atoms with Crippen molar-refractivity contribution in [3.63, 3.8) is 0 Å². The van der Waals surface area contributed by atoms with Crippen LogP contribution in [0, 0.1) is 0 Å². The van der Waals surface area contributed by atoms with Gasteiger partial charge in [0.15, 0.2) is 0 Å². The Morgan fingerprint density at radius 1 is 1.05 bits per heavy atom. The summed E-state index contributed by atoms with van der Waals surface area (Å²) in [6.07, 6.45) is 0. The highest BCUT2D eigenvalue weighted by molar-refractivity contribution is 6.31. The van der Waals surface area contributed by atoms with E-state index in [9.17, 15) is 4.79 Å². The molecule has 4 heteroatoms. The Morgan fingerprint density at radius 2 is 1.62 bits per heavy atom. The SMILES string of the molecule is CC(c1ccccc1Cl)N(C)C(=O)C(Cl)c1ccccc1. The molecule has 2 rings (SSSR count). The molecule has 1 amide bonds. The molecule has 0 N–H and O–H groups in total. The Hall–Kier alpha value is -1.51. The number of nitrogens with zero attached hydrogens (tertiary/aromatic N) is 1. The molecule has 0 spiro atoms. The van der Waals surface area contributed by atoms with Crippen molar-refractivity contribution < 1.29 is 4.79 Å². The fraction of sp³-hybridized carbons (Fsp3) is 0.235. The monoisotopic (exact) mass is 321 g/mol. The summed E-state index contributed by atoms with van der Waals surface area (Å²) in [6.45, 7) is 1.94. The first-order valence-electron chi connectivity index (χ1n) is 6.72. The van der Waals surface area contributed by atoms with Crippen LogP contribution in [-0.4, -0.2) is 17.9 Å². The maximum atomic E-state index is 12.5. The summed E-state index contributed by atoms with van der Waals surface area (Å²) in [5.41, 5.74) is 1.70. The van der Waals surface area contributed by atoms with Crippen molar-refractivity contribution >= 4 is 29.1 Å². The molecular weight excluding hydrogens is 305 g/mol. The van der Waals surface area contributed by atoms with Gasteiger partial charge in [-0.25, -0.2) is 0 Å². The predicted octanol–water partition coefficient (Wildman–Crippen LogP) is 4.84. The second kappa shape index (κ2) is 6.97. The minimum Gasteiger partial charge on any atom is -0.337 e. The van der Waals surface area contributed by atoms with Crippen molar-refractivity contribution in [2.45, 2.75) is 18.3 Å². The van der Waals surface area contributed by atoms with Gasteiger partial charge in [0.2, 0.25) is 5.91 Å². The Labute approximate surface area is 135 Å². The van der Waals surface area contributed by atoms with Gasteiger partial charge in [0.25, 0.3) is 0 Å². The van der Waals surface area contributed by atoms with Gasteiger partial charge in [-0.2, -0.15) is 0 Å². The number of hydrogen-bond donors (Lipinski definition) is 0. The van der Waals surface area contributed by atoms with Crippen molar-refractivity contribution in [3.8, 4) is 0 Å². The highest BCUT2D eigenvalue weighted by Crippen LogP contribution is 2.30. The van der Waals surface area contributed by atoms with Gasteiger partial charge < -0.3 is 4.90 Å². The van der Waals surface area contributed by atoms with Crippen LogP contribution in [0.5, 0.6) is 0 Å². The maximum Gasteiger partial charge on any atom is 0.245 e. The van der Waals surface area contributed by atoms with Crippen LogP contribution in [0.25, 0.3) is 0 Å². The lowest BCUT2D eigenvalue weighted by molar-refractivity contribution is -0.131. The van der Waals surface area contributed by atoms with E-state index < -0.39 is 5.38 Å². The highest BCUT2D eigenvalue weighted by atomic mass is 35.5. The zero-order valence-electron chi connectivity index (χ0n) is 12.0. The predicted molar refractivity (Wildman–Crippen MR) is 87.7 cm³/mol. The van der Waals surface area contributed by atoms with Gasteiger partial charge in [0.05, 0.1) is 6.04 Å². The molecule has 0 aliphatic rings. The fourth-order valence-electron chi connectivity index (χ4n) is 2.16. The Morgan fingerprint density at radius 3 is 2.24 bits per heavy atom. The molecule has 0 bridgehead atoms. The third kappa shape index (κ3) is 3.58. The number of halogens is 2. The molecule has 0 fully saturated rings. The maximum absolute atomic E-state index is 12.5. The van der Waals surface area contributed by atoms with Crippen LogP contribution in [-0.2, 0) is 4.79 Å². The van der Waals surface area contributed by atoms with Crippen LogP contribution in [0.4, 0.5) is 0 Å². The first kappa shape index (κ1) is 15.9. The molecule has 0 saturated heterocycles. The van der Waals surface area contributed by atoms with Gasteiger partial charge >= 0.3 is 0 Å². The van der Waals surface area contributed by atoms with Crippen molar-refractivity contribution in [2.24, 2.45) is 0 Å². The molecule has 0 aliphatic carbocycles. The summed E-state index contributed by atoms with van der Waals surface area (Å²) in [5, 5.41) is -0.0448. The molecule has 0 aliphatic heterocycles. The number of likely N-dealkylation sites (N-methyl/N-ethyl adjacent to an activating group) is 1. The summed E-state index contributed by atoms with van der Waals surface area (Å²) in [5.74, 6) is -0.143. The third-order valence-electron chi connectivity index (χ3n) is 3.59. The van der Waals surface area contributed by atoms with E-state index in [4.69, 9.17) is 23.2 Å². The van der Waals surface area contributed by atoms with E-state index in [0.29, 0.717) is 5.02 Å². The lowest BCUT2D eigenvalue weighted by Gasteiger charge is -2.28. The van der Waals surface area contributed by atoms with Crippen molar-refractivity contribution in [1.29, 1.82) is 0 Å². The second-order valence-corrected chi connectivity index (χ2v) is 5.76. The van der Waals surface area contributed by atoms with Crippen molar-refractivity contribution in [2.75, 3.05) is 7.05 Å². The quantitative estimate of drug-likeness (QED) is 0.738. The van der Waals surface area contributed by atoms with E-state index in [0.717, 1.165) is 11.1 Å². The van der Waals surface area contributed by atoms with Gasteiger partial charge in [-0.3, -0.25) is 4.79 Å². The smallest absolute Gasteiger partial charge is 0.245 e. The minimum absolute atomic E-state index is 0.142. The number of rotatable bonds is 4. The molecule has 2 unspecified atom stereocenters. The van der Waals surface area contributed by atoms with E-state index in [1.807, 2.05) is 61.5 Å². The van der Waals surface area contributed by atoms with Crippen LogP contribution in [0.15, 0.2) is 54.6 Å². The Kier molecular flexibility index (Phi) is 5.27. The summed E-state index contributed by atoms with van der Waals surface area (Å²) < 4.78 is 0. The lowest BCUT2D eigenvalue weighted by Crippen LogP contribution is -2.32. The van der Waals surface area contributed by atoms with Crippen LogP contribution in [0.2, 0.25) is 5.02 Å². The lowest BCUT2D eigenvalue weighted by atomic mass is 10.1. The fourth-order valence-corrected chi connectivity index (χ4v) is 2.75. The van der Waals surface area contributed by atoms with E-state index >= 15 is 0 Å². The Balaban J connectivity index is 2.18. The van der Waals surface area contributed by atoms with E-state index in [1.54, 1.807) is 11.9 Å². The van der Waals surface area contributed by atoms with E-state index in [-0.39, 0.29) is 11.9 Å². The standard InChI is InChI=1S/C17H17Cl2NO/c1-12(14-10-6-7-11-15(14)18)20(2)17(21)16(19)13-8-4-3-5-9-13/h3-12,16H,1-2H3. The molecular formula is C17H17Cl2NO. The van der Waals surface area contributed by atoms with Crippen molar-refractivity contribution in [1.82, 2.24) is 4.90 Å². The van der Waals surface area contributed by atoms with Gasteiger partial charge in [-0.1, -0.05) is 60.1 Å². The van der Waals surface area contributed by atoms with E-state index in [2.05, 4.69) is 0 Å². The number of hydrogen-bond acceptors (Lipinski definition) is 1. The van der Waals surface area contributed by atoms with Crippen LogP contribution >= 0.6 is 23.2 Å². The summed E-state index contributed by atoms with van der Waals surface area (Å²) >= 11 is 12.5. The van der Waals surface area contributed by atoms with Crippen LogP contribution < -0.4 is 0 Å². The second-order valence-electron chi connectivity index (χ2n) is 4.92. The number of carbonyl (C=O) groups excluding carboxylic acids is 1. The highest BCUT2D eigenvalue weighted by Gasteiger charge is 2.26. The molecule has 2 atom stereocenters. The third-order valence-corrected chi connectivity index (χ3v) is 4.38. The first-order valence-corrected chi connectivity index (χ1v) is 7.54. The van der Waals surface area contributed by atoms with Gasteiger partial charge in [0.1, 0.15) is 5.38 Å². The molecule has 110 valence electrons. The molecule has 21 heavy (non-hydrogen) atoms. The molecule has 0 heterocycles. The summed E-state index contributed by atoms with van der Waals surface area (Å²) in [4.78, 5) is 14.2. The van der Waals surface area contributed by atoms with Gasteiger partial charge in [-0.05, 0) is 24.1 Å². The molecule has 0 saturated carbocycles. The van der Waals surface area contributed by atoms with Crippen LogP contribution in [0.3, 0.4) is 0 Å². The molecule has 2 nitrogen and oxygen atoms in total. The van der Waals surface area contributed by atoms with E-state index in [1.165, 1.54) is 0 Å². The molecule has 2 aromatic rings. The average molecular weight is 322 g/mol. The molecule has 2 aromatic carbocycles. The Bertz CT molecular complexity index is 615. The van der Waals surface area contributed by atoms with Crippen LogP contribution in [0.1, 0.15) is 29.5 Å².